The molecule has 4 N–H and O–H groups in total. The molecule has 17 heavy (non-hydrogen) atoms. The predicted octanol–water partition coefficient (Wildman–Crippen LogP) is 0.698. The molecule has 0 aliphatic heterocycles. The fourth-order valence-corrected chi connectivity index (χ4v) is 1.36. The quantitative estimate of drug-likeness (QED) is 0.654. The Kier molecular flexibility index (Phi) is 4.75. The zero-order chi connectivity index (χ0) is 12.7. The van der Waals surface area contributed by atoms with Crippen LogP contribution in [0.2, 0.25) is 0 Å². The highest BCUT2D eigenvalue weighted by Gasteiger charge is 2.20. The van der Waals surface area contributed by atoms with Crippen LogP contribution in [0.5, 0.6) is 0 Å². The molecule has 1 rings (SSSR count). The monoisotopic (exact) mass is 233 g/mol. The Labute approximate surface area is 99.7 Å². The molecule has 1 atom stereocenters. The van der Waals surface area contributed by atoms with Crippen LogP contribution >= 0.6 is 0 Å². The van der Waals surface area contributed by atoms with Crippen LogP contribution in [0, 0.1) is 0 Å². The molecule has 0 saturated heterocycles. The number of hydrogen-bond donors (Lipinski definition) is 3. The van der Waals surface area contributed by atoms with E-state index in [1.807, 2.05) is 6.07 Å². The Hall–Kier alpha value is -2.30. The summed E-state index contributed by atoms with van der Waals surface area (Å²) in [7, 11) is 0. The highest BCUT2D eigenvalue weighted by Crippen LogP contribution is 2.12. The summed E-state index contributed by atoms with van der Waals surface area (Å²) in [5.74, 6) is -0.324. The number of urea groups is 1. The normalized spacial score (nSPS) is 11.3. The lowest BCUT2D eigenvalue weighted by Crippen LogP contribution is -2.42. The largest absolute Gasteiger partial charge is 0.352 e. The van der Waals surface area contributed by atoms with E-state index in [1.54, 1.807) is 30.3 Å². The van der Waals surface area contributed by atoms with Crippen LogP contribution in [-0.2, 0) is 4.79 Å². The second-order valence-corrected chi connectivity index (χ2v) is 3.39. The van der Waals surface area contributed by atoms with Crippen LogP contribution in [0.25, 0.3) is 0 Å². The van der Waals surface area contributed by atoms with Gasteiger partial charge in [0.15, 0.2) is 0 Å². The van der Waals surface area contributed by atoms with Crippen LogP contribution in [-0.4, -0.2) is 18.5 Å². The van der Waals surface area contributed by atoms with Crippen molar-refractivity contribution < 1.29 is 9.59 Å². The summed E-state index contributed by atoms with van der Waals surface area (Å²) in [6, 6.07) is 7.35. The van der Waals surface area contributed by atoms with E-state index in [2.05, 4.69) is 17.2 Å². The zero-order valence-corrected chi connectivity index (χ0v) is 9.35. The molecule has 5 nitrogen and oxygen atoms in total. The lowest BCUT2D eigenvalue weighted by Gasteiger charge is -2.17. The van der Waals surface area contributed by atoms with Crippen LogP contribution in [0.3, 0.4) is 0 Å². The van der Waals surface area contributed by atoms with E-state index in [-0.39, 0.29) is 5.91 Å². The second kappa shape index (κ2) is 6.32. The molecule has 0 saturated carbocycles. The van der Waals surface area contributed by atoms with E-state index in [9.17, 15) is 9.59 Å². The molecule has 3 amide bonds. The minimum absolute atomic E-state index is 0.324. The Morgan fingerprint density at radius 3 is 2.53 bits per heavy atom. The Morgan fingerprint density at radius 1 is 1.35 bits per heavy atom. The van der Waals surface area contributed by atoms with E-state index in [1.165, 1.54) is 0 Å². The van der Waals surface area contributed by atoms with Gasteiger partial charge in [0.2, 0.25) is 5.91 Å². The molecule has 1 aromatic carbocycles. The molecule has 0 fully saturated rings. The SMILES string of the molecule is C=CCNC(=O)C(NC(N)=O)c1ccccc1. The highest BCUT2D eigenvalue weighted by molar-refractivity contribution is 5.87. The third-order valence-electron chi connectivity index (χ3n) is 2.10. The van der Waals surface area contributed by atoms with Gasteiger partial charge in [-0.3, -0.25) is 4.79 Å². The average molecular weight is 233 g/mol. The number of benzene rings is 1. The predicted molar refractivity (Wildman–Crippen MR) is 65.1 cm³/mol. The number of nitrogens with two attached hydrogens (primary N) is 1. The molecule has 0 bridgehead atoms. The molecule has 0 aliphatic carbocycles. The molecular weight excluding hydrogens is 218 g/mol. The van der Waals surface area contributed by atoms with Gasteiger partial charge in [-0.15, -0.1) is 6.58 Å². The van der Waals surface area contributed by atoms with Gasteiger partial charge in [0, 0.05) is 6.54 Å². The lowest BCUT2D eigenvalue weighted by molar-refractivity contribution is -0.122. The maximum absolute atomic E-state index is 11.8. The van der Waals surface area contributed by atoms with Gasteiger partial charge in [-0.1, -0.05) is 36.4 Å². The van der Waals surface area contributed by atoms with Crippen LogP contribution in [0.1, 0.15) is 11.6 Å². The highest BCUT2D eigenvalue weighted by atomic mass is 16.2. The molecule has 0 spiro atoms. The number of carbonyl (C=O) groups is 2. The second-order valence-electron chi connectivity index (χ2n) is 3.39. The summed E-state index contributed by atoms with van der Waals surface area (Å²) >= 11 is 0. The number of primary amides is 1. The van der Waals surface area contributed by atoms with Crippen molar-refractivity contribution in [3.05, 3.63) is 48.6 Å². The molecule has 5 heteroatoms. The first kappa shape index (κ1) is 12.8. The number of amides is 3. The molecule has 0 heterocycles. The Balaban J connectivity index is 2.84. The fraction of sp³-hybridized carbons (Fsp3) is 0.167. The summed E-state index contributed by atoms with van der Waals surface area (Å²) in [5, 5.41) is 5.01. The van der Waals surface area contributed by atoms with Crippen LogP contribution in [0.15, 0.2) is 43.0 Å². The van der Waals surface area contributed by atoms with Crippen molar-refractivity contribution in [1.29, 1.82) is 0 Å². The van der Waals surface area contributed by atoms with E-state index in [0.717, 1.165) is 0 Å². The summed E-state index contributed by atoms with van der Waals surface area (Å²) in [6.45, 7) is 3.83. The smallest absolute Gasteiger partial charge is 0.313 e. The first-order chi connectivity index (χ1) is 8.15. The topological polar surface area (TPSA) is 84.2 Å². The number of rotatable bonds is 5. The maximum Gasteiger partial charge on any atom is 0.313 e. The summed E-state index contributed by atoms with van der Waals surface area (Å²) in [5.41, 5.74) is 5.72. The summed E-state index contributed by atoms with van der Waals surface area (Å²) in [4.78, 5) is 22.7. The minimum Gasteiger partial charge on any atom is -0.352 e. The van der Waals surface area contributed by atoms with Gasteiger partial charge in [0.1, 0.15) is 6.04 Å². The third-order valence-corrected chi connectivity index (χ3v) is 2.10. The van der Waals surface area contributed by atoms with Gasteiger partial charge in [0.25, 0.3) is 0 Å². The number of nitrogens with one attached hydrogen (secondary N) is 2. The van der Waals surface area contributed by atoms with Crippen LogP contribution in [0.4, 0.5) is 4.79 Å². The van der Waals surface area contributed by atoms with Gasteiger partial charge >= 0.3 is 6.03 Å². The molecule has 1 aromatic rings. The van der Waals surface area contributed by atoms with E-state index >= 15 is 0 Å². The zero-order valence-electron chi connectivity index (χ0n) is 9.35. The van der Waals surface area contributed by atoms with Crippen molar-refractivity contribution >= 4 is 11.9 Å². The van der Waals surface area contributed by atoms with E-state index in [0.29, 0.717) is 12.1 Å². The van der Waals surface area contributed by atoms with Crippen molar-refractivity contribution in [2.45, 2.75) is 6.04 Å². The average Bonchev–Trinajstić information content (AvgIpc) is 2.34. The van der Waals surface area contributed by atoms with Gasteiger partial charge in [-0.2, -0.15) is 0 Å². The van der Waals surface area contributed by atoms with Crippen molar-refractivity contribution in [2.24, 2.45) is 5.73 Å². The molecule has 0 radical (unpaired) electrons. The Morgan fingerprint density at radius 2 is 2.00 bits per heavy atom. The third kappa shape index (κ3) is 3.98. The van der Waals surface area contributed by atoms with Gasteiger partial charge in [-0.25, -0.2) is 4.79 Å². The molecule has 0 aromatic heterocycles. The maximum atomic E-state index is 11.8. The van der Waals surface area contributed by atoms with Crippen molar-refractivity contribution in [1.82, 2.24) is 10.6 Å². The molecule has 1 unspecified atom stereocenters. The summed E-state index contributed by atoms with van der Waals surface area (Å²) in [6.07, 6.45) is 1.56. The van der Waals surface area contributed by atoms with Gasteiger partial charge in [-0.05, 0) is 5.56 Å². The van der Waals surface area contributed by atoms with E-state index < -0.39 is 12.1 Å². The number of hydrogen-bond acceptors (Lipinski definition) is 2. The number of carbonyl (C=O) groups excluding carboxylic acids is 2. The van der Waals surface area contributed by atoms with Crippen LogP contribution < -0.4 is 16.4 Å². The van der Waals surface area contributed by atoms with Crippen molar-refractivity contribution in [2.75, 3.05) is 6.54 Å². The molecular formula is C12H15N3O2. The molecule has 90 valence electrons. The minimum atomic E-state index is -0.784. The Bertz CT molecular complexity index is 403. The van der Waals surface area contributed by atoms with Crippen molar-refractivity contribution in [3.63, 3.8) is 0 Å². The first-order valence-corrected chi connectivity index (χ1v) is 5.14. The van der Waals surface area contributed by atoms with Crippen molar-refractivity contribution in [3.8, 4) is 0 Å². The van der Waals surface area contributed by atoms with E-state index in [4.69, 9.17) is 5.73 Å². The summed E-state index contributed by atoms with van der Waals surface area (Å²) < 4.78 is 0. The fourth-order valence-electron chi connectivity index (χ4n) is 1.36. The lowest BCUT2D eigenvalue weighted by atomic mass is 10.1. The van der Waals surface area contributed by atoms with Gasteiger partial charge in [0.05, 0.1) is 0 Å². The first-order valence-electron chi connectivity index (χ1n) is 5.14. The molecule has 0 aliphatic rings. The standard InChI is InChI=1S/C12H15N3O2/c1-2-8-14-11(16)10(15-12(13)17)9-6-4-3-5-7-9/h2-7,10H,1,8H2,(H,14,16)(H3,13,15,17). The van der Waals surface area contributed by atoms with Gasteiger partial charge < -0.3 is 16.4 Å².